The van der Waals surface area contributed by atoms with Crippen molar-refractivity contribution in [2.75, 3.05) is 31.2 Å². The Bertz CT molecular complexity index is 1170. The molecule has 5 rings (SSSR count). The topological polar surface area (TPSA) is 43.2 Å². The van der Waals surface area contributed by atoms with Crippen LogP contribution in [0.1, 0.15) is 0 Å². The number of aromatic nitrogens is 3. The fourth-order valence-corrected chi connectivity index (χ4v) is 4.79. The molecular weight excluding hydrogens is 388 g/mol. The third kappa shape index (κ3) is 3.11. The summed E-state index contributed by atoms with van der Waals surface area (Å²) < 4.78 is 9.38. The zero-order valence-electron chi connectivity index (χ0n) is 15.1. The highest BCUT2D eigenvalue weighted by atomic mass is 32.1. The van der Waals surface area contributed by atoms with Crippen molar-refractivity contribution in [1.29, 1.82) is 0 Å². The van der Waals surface area contributed by atoms with Gasteiger partial charge in [-0.3, -0.25) is 4.57 Å². The number of rotatable bonds is 3. The molecule has 1 saturated heterocycles. The Labute approximate surface area is 171 Å². The van der Waals surface area contributed by atoms with Gasteiger partial charge in [-0.15, -0.1) is 0 Å². The van der Waals surface area contributed by atoms with E-state index in [0.29, 0.717) is 19.0 Å². The molecule has 2 aromatic heterocycles. The van der Waals surface area contributed by atoms with E-state index in [1.54, 1.807) is 11.3 Å². The fraction of sp³-hybridized carbons (Fsp3) is 0.190. The van der Waals surface area contributed by atoms with Crippen molar-refractivity contribution in [3.8, 4) is 17.1 Å². The van der Waals surface area contributed by atoms with Crippen LogP contribution in [0.5, 0.6) is 0 Å². The molecule has 140 valence electrons. The molecule has 1 fully saturated rings. The van der Waals surface area contributed by atoms with Gasteiger partial charge >= 0.3 is 0 Å². The fourth-order valence-electron chi connectivity index (χ4n) is 3.40. The molecule has 0 unspecified atom stereocenters. The molecule has 0 aliphatic carbocycles. The molecule has 0 radical (unpaired) electrons. The Morgan fingerprint density at radius 2 is 1.57 bits per heavy atom. The number of benzene rings is 2. The smallest absolute Gasteiger partial charge is 0.168 e. The molecule has 1 aliphatic rings. The number of para-hydroxylation sites is 1. The van der Waals surface area contributed by atoms with E-state index in [-0.39, 0.29) is 0 Å². The molecule has 0 atom stereocenters. The number of hydrogen-bond donors (Lipinski definition) is 0. The minimum atomic E-state index is 0.705. The SMILES string of the molecule is S=c1sc2c(N3CCOCC3)nc(-c3ccccc3)nc2n1-c1ccccc1. The van der Waals surface area contributed by atoms with Crippen LogP contribution in [0.15, 0.2) is 60.7 Å². The van der Waals surface area contributed by atoms with Crippen molar-refractivity contribution in [3.05, 3.63) is 64.6 Å². The molecule has 3 heterocycles. The number of morpholine rings is 1. The van der Waals surface area contributed by atoms with Crippen LogP contribution >= 0.6 is 23.6 Å². The largest absolute Gasteiger partial charge is 0.378 e. The zero-order valence-corrected chi connectivity index (χ0v) is 16.7. The second-order valence-electron chi connectivity index (χ2n) is 6.53. The lowest BCUT2D eigenvalue weighted by Crippen LogP contribution is -2.37. The predicted molar refractivity (Wildman–Crippen MR) is 116 cm³/mol. The Kier molecular flexibility index (Phi) is 4.64. The third-order valence-electron chi connectivity index (χ3n) is 4.77. The van der Waals surface area contributed by atoms with E-state index in [2.05, 4.69) is 17.0 Å². The number of anilines is 1. The lowest BCUT2D eigenvalue weighted by molar-refractivity contribution is 0.122. The number of nitrogens with zero attached hydrogens (tertiary/aromatic N) is 4. The third-order valence-corrected chi connectivity index (χ3v) is 6.13. The summed E-state index contributed by atoms with van der Waals surface area (Å²) in [6.45, 7) is 3.04. The van der Waals surface area contributed by atoms with Gasteiger partial charge in [0.2, 0.25) is 0 Å². The number of thiazole rings is 1. The summed E-state index contributed by atoms with van der Waals surface area (Å²) in [7, 11) is 0. The highest BCUT2D eigenvalue weighted by molar-refractivity contribution is 7.73. The van der Waals surface area contributed by atoms with Crippen molar-refractivity contribution in [1.82, 2.24) is 14.5 Å². The van der Waals surface area contributed by atoms with Gasteiger partial charge in [0.05, 0.1) is 13.2 Å². The zero-order chi connectivity index (χ0) is 18.9. The van der Waals surface area contributed by atoms with E-state index in [0.717, 1.165) is 44.5 Å². The monoisotopic (exact) mass is 406 g/mol. The van der Waals surface area contributed by atoms with Crippen molar-refractivity contribution in [2.24, 2.45) is 0 Å². The summed E-state index contributed by atoms with van der Waals surface area (Å²) in [5.74, 6) is 1.66. The maximum Gasteiger partial charge on any atom is 0.168 e. The average Bonchev–Trinajstić information content (AvgIpc) is 3.10. The molecule has 28 heavy (non-hydrogen) atoms. The van der Waals surface area contributed by atoms with Gasteiger partial charge in [-0.05, 0) is 24.4 Å². The highest BCUT2D eigenvalue weighted by Gasteiger charge is 2.22. The second kappa shape index (κ2) is 7.43. The van der Waals surface area contributed by atoms with Crippen LogP contribution in [0.4, 0.5) is 5.82 Å². The lowest BCUT2D eigenvalue weighted by atomic mass is 10.2. The average molecular weight is 407 g/mol. The minimum absolute atomic E-state index is 0.705. The molecule has 5 nitrogen and oxygen atoms in total. The van der Waals surface area contributed by atoms with E-state index < -0.39 is 0 Å². The molecule has 0 amide bonds. The van der Waals surface area contributed by atoms with Gasteiger partial charge in [-0.1, -0.05) is 59.9 Å². The first kappa shape index (κ1) is 17.5. The Morgan fingerprint density at radius 3 is 2.29 bits per heavy atom. The van der Waals surface area contributed by atoms with Crippen molar-refractivity contribution in [3.63, 3.8) is 0 Å². The molecular formula is C21H18N4OS2. The van der Waals surface area contributed by atoms with Crippen LogP contribution in [-0.2, 0) is 4.74 Å². The predicted octanol–water partition coefficient (Wildman–Crippen LogP) is 4.72. The highest BCUT2D eigenvalue weighted by Crippen LogP contribution is 2.34. The molecule has 0 saturated carbocycles. The second-order valence-corrected chi connectivity index (χ2v) is 8.17. The minimum Gasteiger partial charge on any atom is -0.378 e. The number of ether oxygens (including phenoxy) is 1. The number of hydrogen-bond acceptors (Lipinski definition) is 6. The van der Waals surface area contributed by atoms with Gasteiger partial charge in [0.25, 0.3) is 0 Å². The van der Waals surface area contributed by atoms with Gasteiger partial charge in [-0.2, -0.15) is 0 Å². The quantitative estimate of drug-likeness (QED) is 0.461. The molecule has 2 aromatic carbocycles. The molecule has 7 heteroatoms. The van der Waals surface area contributed by atoms with Crippen LogP contribution < -0.4 is 4.90 Å². The van der Waals surface area contributed by atoms with Crippen molar-refractivity contribution >= 4 is 39.7 Å². The van der Waals surface area contributed by atoms with Gasteiger partial charge < -0.3 is 9.64 Å². The summed E-state index contributed by atoms with van der Waals surface area (Å²) in [6, 6.07) is 20.2. The summed E-state index contributed by atoms with van der Waals surface area (Å²) in [6.07, 6.45) is 0. The Morgan fingerprint density at radius 1 is 0.893 bits per heavy atom. The Balaban J connectivity index is 1.79. The van der Waals surface area contributed by atoms with E-state index in [1.807, 2.05) is 53.1 Å². The van der Waals surface area contributed by atoms with Crippen LogP contribution in [0, 0.1) is 3.95 Å². The van der Waals surface area contributed by atoms with E-state index in [1.165, 1.54) is 0 Å². The summed E-state index contributed by atoms with van der Waals surface area (Å²) in [5.41, 5.74) is 2.87. The van der Waals surface area contributed by atoms with Crippen molar-refractivity contribution < 1.29 is 4.74 Å². The van der Waals surface area contributed by atoms with Gasteiger partial charge in [0.15, 0.2) is 21.2 Å². The van der Waals surface area contributed by atoms with E-state index in [4.69, 9.17) is 26.9 Å². The first-order chi connectivity index (χ1) is 13.8. The van der Waals surface area contributed by atoms with Gasteiger partial charge in [-0.25, -0.2) is 9.97 Å². The molecule has 0 spiro atoms. The van der Waals surface area contributed by atoms with Crippen LogP contribution in [0.25, 0.3) is 27.4 Å². The maximum absolute atomic E-state index is 5.73. The van der Waals surface area contributed by atoms with E-state index >= 15 is 0 Å². The number of fused-ring (bicyclic) bond motifs is 1. The first-order valence-corrected chi connectivity index (χ1v) is 10.4. The van der Waals surface area contributed by atoms with Gasteiger partial charge in [0, 0.05) is 24.3 Å². The lowest BCUT2D eigenvalue weighted by Gasteiger charge is -2.28. The first-order valence-electron chi connectivity index (χ1n) is 9.18. The maximum atomic E-state index is 5.73. The summed E-state index contributed by atoms with van der Waals surface area (Å²) in [4.78, 5) is 12.2. The summed E-state index contributed by atoms with van der Waals surface area (Å²) >= 11 is 7.29. The normalized spacial score (nSPS) is 14.5. The Hall–Kier alpha value is -2.61. The molecule has 1 aliphatic heterocycles. The van der Waals surface area contributed by atoms with Crippen LogP contribution in [-0.4, -0.2) is 40.8 Å². The molecule has 0 bridgehead atoms. The standard InChI is InChI=1S/C21H18N4OS2/c27-21-25(16-9-5-2-6-10-16)20-17(28-21)19(24-11-13-26-14-12-24)22-18(23-20)15-7-3-1-4-8-15/h1-10H,11-14H2. The van der Waals surface area contributed by atoms with E-state index in [9.17, 15) is 0 Å². The summed E-state index contributed by atoms with van der Waals surface area (Å²) in [5, 5.41) is 0. The molecule has 4 aromatic rings. The van der Waals surface area contributed by atoms with Crippen molar-refractivity contribution in [2.45, 2.75) is 0 Å². The van der Waals surface area contributed by atoms with Crippen LogP contribution in [0.2, 0.25) is 0 Å². The van der Waals surface area contributed by atoms with Crippen LogP contribution in [0.3, 0.4) is 0 Å². The molecule has 0 N–H and O–H groups in total. The van der Waals surface area contributed by atoms with Gasteiger partial charge in [0.1, 0.15) is 4.70 Å².